The minimum atomic E-state index is -0.385. The maximum Gasteiger partial charge on any atom is 0.409 e. The molecule has 2 aromatic rings. The van der Waals surface area contributed by atoms with Crippen molar-refractivity contribution < 1.29 is 19.1 Å². The van der Waals surface area contributed by atoms with Gasteiger partial charge in [-0.05, 0) is 36.6 Å². The van der Waals surface area contributed by atoms with E-state index in [1.54, 1.807) is 33.8 Å². The van der Waals surface area contributed by atoms with Gasteiger partial charge in [0.1, 0.15) is 0 Å². The Morgan fingerprint density at radius 1 is 1.32 bits per heavy atom. The molecule has 34 heavy (non-hydrogen) atoms. The topological polar surface area (TPSA) is 104 Å². The highest BCUT2D eigenvalue weighted by atomic mass is 35.5. The number of thioether (sulfide) groups is 1. The van der Waals surface area contributed by atoms with E-state index in [9.17, 15) is 14.4 Å². The molecule has 0 saturated carbocycles. The second-order valence-electron chi connectivity index (χ2n) is 8.27. The quantitative estimate of drug-likeness (QED) is 0.435. The van der Waals surface area contributed by atoms with Gasteiger partial charge < -0.3 is 15.0 Å². The number of amides is 4. The van der Waals surface area contributed by atoms with E-state index in [4.69, 9.17) is 16.3 Å². The average molecular weight is 524 g/mol. The van der Waals surface area contributed by atoms with Gasteiger partial charge in [-0.2, -0.15) is 0 Å². The van der Waals surface area contributed by atoms with Crippen LogP contribution >= 0.6 is 34.7 Å². The number of methoxy groups -OCH3 is 1. The van der Waals surface area contributed by atoms with E-state index in [2.05, 4.69) is 15.6 Å². The summed E-state index contributed by atoms with van der Waals surface area (Å²) in [5.74, 6) is 0.811. The van der Waals surface area contributed by atoms with E-state index < -0.39 is 0 Å². The Labute approximate surface area is 211 Å². The van der Waals surface area contributed by atoms with Crippen molar-refractivity contribution in [2.75, 3.05) is 49.3 Å². The number of aromatic nitrogens is 1. The van der Waals surface area contributed by atoms with Crippen molar-refractivity contribution in [2.45, 2.75) is 29.4 Å². The average Bonchev–Trinajstić information content (AvgIpc) is 3.51. The van der Waals surface area contributed by atoms with Crippen LogP contribution in [0.15, 0.2) is 28.6 Å². The predicted molar refractivity (Wildman–Crippen MR) is 134 cm³/mol. The lowest BCUT2D eigenvalue weighted by Gasteiger charge is -2.25. The van der Waals surface area contributed by atoms with Crippen LogP contribution in [0.2, 0.25) is 5.02 Å². The van der Waals surface area contributed by atoms with E-state index in [0.717, 1.165) is 34.1 Å². The first-order valence-electron chi connectivity index (χ1n) is 10.9. The standard InChI is InChI=1S/C22H26ClN5O4S2/c1-14(29)24-7-3-9-33-18-11-25-19(34-18)26-20(30)28-13-22(6-8-27(12-22)21(31)32-2)16-10-15(23)4-5-17(16)28/h4-5,10-11H,3,6-9,12-13H2,1-2H3,(H,24,29)(H,25,26,30). The largest absolute Gasteiger partial charge is 0.453 e. The fraction of sp³-hybridized carbons (Fsp3) is 0.455. The Morgan fingerprint density at radius 2 is 2.15 bits per heavy atom. The minimum absolute atomic E-state index is 0.0315. The first-order chi connectivity index (χ1) is 16.3. The van der Waals surface area contributed by atoms with Crippen molar-refractivity contribution in [2.24, 2.45) is 0 Å². The lowest BCUT2D eigenvalue weighted by atomic mass is 9.81. The minimum Gasteiger partial charge on any atom is -0.453 e. The molecule has 182 valence electrons. The first kappa shape index (κ1) is 24.6. The molecule has 0 bridgehead atoms. The Bertz CT molecular complexity index is 1100. The smallest absolute Gasteiger partial charge is 0.409 e. The van der Waals surface area contributed by atoms with Gasteiger partial charge in [-0.1, -0.05) is 22.9 Å². The van der Waals surface area contributed by atoms with Gasteiger partial charge in [0.15, 0.2) is 5.13 Å². The third-order valence-electron chi connectivity index (χ3n) is 5.95. The van der Waals surface area contributed by atoms with Gasteiger partial charge in [0.25, 0.3) is 0 Å². The van der Waals surface area contributed by atoms with Crippen LogP contribution in [-0.2, 0) is 14.9 Å². The predicted octanol–water partition coefficient (Wildman–Crippen LogP) is 4.18. The summed E-state index contributed by atoms with van der Waals surface area (Å²) in [6.07, 6.45) is 2.94. The summed E-state index contributed by atoms with van der Waals surface area (Å²) in [5.41, 5.74) is 1.37. The molecule has 0 aliphatic carbocycles. The number of likely N-dealkylation sites (tertiary alicyclic amines) is 1. The highest BCUT2D eigenvalue weighted by molar-refractivity contribution is 8.01. The number of fused-ring (bicyclic) bond motifs is 2. The number of carbonyl (C=O) groups excluding carboxylic acids is 3. The molecular weight excluding hydrogens is 498 g/mol. The van der Waals surface area contributed by atoms with Crippen molar-refractivity contribution in [3.05, 3.63) is 35.0 Å². The number of carbonyl (C=O) groups is 3. The highest BCUT2D eigenvalue weighted by Gasteiger charge is 2.50. The molecule has 2 aliphatic rings. The molecule has 1 fully saturated rings. The summed E-state index contributed by atoms with van der Waals surface area (Å²) in [6.45, 7) is 3.61. The molecule has 1 saturated heterocycles. The molecule has 0 radical (unpaired) electrons. The molecule has 1 aromatic heterocycles. The van der Waals surface area contributed by atoms with Crippen LogP contribution in [0.1, 0.15) is 25.3 Å². The molecule has 1 atom stereocenters. The SMILES string of the molecule is COC(=O)N1CCC2(C1)CN(C(=O)Nc1ncc(SCCCNC(C)=O)s1)c1ccc(Cl)cc12. The number of halogens is 1. The lowest BCUT2D eigenvalue weighted by molar-refractivity contribution is -0.118. The van der Waals surface area contributed by atoms with Gasteiger partial charge in [0.2, 0.25) is 5.91 Å². The number of anilines is 2. The molecule has 1 aromatic carbocycles. The number of hydrogen-bond donors (Lipinski definition) is 2. The maximum absolute atomic E-state index is 13.2. The van der Waals surface area contributed by atoms with Crippen molar-refractivity contribution in [3.8, 4) is 0 Å². The number of nitrogens with zero attached hydrogens (tertiary/aromatic N) is 3. The number of benzene rings is 1. The number of ether oxygens (including phenoxy) is 1. The number of thiazole rings is 1. The Hall–Kier alpha value is -2.50. The second kappa shape index (κ2) is 10.4. The van der Waals surface area contributed by atoms with Gasteiger partial charge in [0.05, 0.1) is 17.5 Å². The molecule has 1 unspecified atom stereocenters. The van der Waals surface area contributed by atoms with Crippen molar-refractivity contribution >= 4 is 63.6 Å². The summed E-state index contributed by atoms with van der Waals surface area (Å²) in [4.78, 5) is 44.0. The Morgan fingerprint density at radius 3 is 2.91 bits per heavy atom. The van der Waals surface area contributed by atoms with E-state index in [1.807, 2.05) is 12.1 Å². The maximum atomic E-state index is 13.2. The summed E-state index contributed by atoms with van der Waals surface area (Å²) in [7, 11) is 1.37. The fourth-order valence-corrected chi connectivity index (χ4v) is 6.43. The molecule has 4 rings (SSSR count). The van der Waals surface area contributed by atoms with Crippen LogP contribution < -0.4 is 15.5 Å². The second-order valence-corrected chi connectivity index (χ2v) is 11.1. The molecule has 12 heteroatoms. The van der Waals surface area contributed by atoms with Crippen molar-refractivity contribution in [3.63, 3.8) is 0 Å². The number of urea groups is 1. The van der Waals surface area contributed by atoms with Gasteiger partial charge in [-0.3, -0.25) is 15.0 Å². The number of rotatable bonds is 6. The molecule has 9 nitrogen and oxygen atoms in total. The summed E-state index contributed by atoms with van der Waals surface area (Å²) < 4.78 is 5.89. The fourth-order valence-electron chi connectivity index (χ4n) is 4.38. The number of nitrogens with one attached hydrogen (secondary N) is 2. The van der Waals surface area contributed by atoms with Crippen LogP contribution in [-0.4, -0.2) is 67.0 Å². The zero-order valence-corrected chi connectivity index (χ0v) is 21.3. The van der Waals surface area contributed by atoms with Crippen LogP contribution in [0.3, 0.4) is 0 Å². The van der Waals surface area contributed by atoms with Gasteiger partial charge in [-0.15, -0.1) is 11.8 Å². The molecule has 4 amide bonds. The van der Waals surface area contributed by atoms with Crippen LogP contribution in [0.5, 0.6) is 0 Å². The van der Waals surface area contributed by atoms with Crippen molar-refractivity contribution in [1.29, 1.82) is 0 Å². The normalized spacial score (nSPS) is 18.8. The molecule has 2 aliphatic heterocycles. The molecule has 2 N–H and O–H groups in total. The highest BCUT2D eigenvalue weighted by Crippen LogP contribution is 2.47. The van der Waals surface area contributed by atoms with Crippen LogP contribution in [0.25, 0.3) is 0 Å². The summed E-state index contributed by atoms with van der Waals surface area (Å²) in [5, 5.41) is 6.80. The number of hydrogen-bond acceptors (Lipinski definition) is 7. The van der Waals surface area contributed by atoms with Crippen molar-refractivity contribution in [1.82, 2.24) is 15.2 Å². The van der Waals surface area contributed by atoms with Crippen LogP contribution in [0.4, 0.5) is 20.4 Å². The van der Waals surface area contributed by atoms with E-state index >= 15 is 0 Å². The molecule has 3 heterocycles. The third-order valence-corrected chi connectivity index (χ3v) is 8.38. The van der Waals surface area contributed by atoms with Gasteiger partial charge in [-0.25, -0.2) is 14.6 Å². The Kier molecular flexibility index (Phi) is 7.54. The summed E-state index contributed by atoms with van der Waals surface area (Å²) >= 11 is 9.35. The van der Waals surface area contributed by atoms with E-state index in [1.165, 1.54) is 25.4 Å². The summed E-state index contributed by atoms with van der Waals surface area (Å²) in [6, 6.07) is 5.24. The van der Waals surface area contributed by atoms with E-state index in [0.29, 0.717) is 36.3 Å². The van der Waals surface area contributed by atoms with Gasteiger partial charge >= 0.3 is 12.1 Å². The zero-order chi connectivity index (χ0) is 24.3. The monoisotopic (exact) mass is 523 g/mol. The lowest BCUT2D eigenvalue weighted by Crippen LogP contribution is -2.41. The molecule has 1 spiro atoms. The third kappa shape index (κ3) is 5.26. The zero-order valence-electron chi connectivity index (χ0n) is 18.9. The van der Waals surface area contributed by atoms with Gasteiger partial charge in [0, 0.05) is 55.0 Å². The Balaban J connectivity index is 1.42. The van der Waals surface area contributed by atoms with Crippen LogP contribution in [0, 0.1) is 0 Å². The molecular formula is C22H26ClN5O4S2. The first-order valence-corrected chi connectivity index (χ1v) is 13.0. The van der Waals surface area contributed by atoms with E-state index in [-0.39, 0.29) is 23.4 Å².